The van der Waals surface area contributed by atoms with Crippen molar-refractivity contribution in [3.05, 3.63) is 95.1 Å². The molecule has 3 saturated heterocycles. The monoisotopic (exact) mass is 768 g/mol. The molecule has 0 aromatic heterocycles. The molecule has 8 rings (SSSR count). The topological polar surface area (TPSA) is 156 Å². The zero-order valence-corrected chi connectivity index (χ0v) is 32.6. The first-order chi connectivity index (χ1) is 26.8. The molecule has 12 heteroatoms. The van der Waals surface area contributed by atoms with Gasteiger partial charge in [0.15, 0.2) is 17.3 Å². The third-order valence-corrected chi connectivity index (χ3v) is 13.1. The molecule has 3 aliphatic heterocycles. The number of fused-ring (bicyclic) bond motifs is 2. The van der Waals surface area contributed by atoms with E-state index in [1.165, 1.54) is 7.11 Å². The van der Waals surface area contributed by atoms with Gasteiger partial charge in [-0.3, -0.25) is 9.59 Å². The predicted molar refractivity (Wildman–Crippen MR) is 204 cm³/mol. The molecule has 3 heterocycles. The Balaban J connectivity index is 1.05. The average molecular weight is 769 g/mol. The Morgan fingerprint density at radius 3 is 2.59 bits per heavy atom. The van der Waals surface area contributed by atoms with Gasteiger partial charge in [0.1, 0.15) is 23.9 Å². The Bertz CT molecular complexity index is 2000. The molecule has 3 bridgehead atoms. The fraction of sp³-hybridized carbons (Fsp3) is 0.523. The van der Waals surface area contributed by atoms with E-state index in [0.29, 0.717) is 48.4 Å². The van der Waals surface area contributed by atoms with E-state index >= 15 is 0 Å². The standard InChI is InChI=1S/C44H52N2O10/c1-26(2)42-21-28(4)44-33(39(42)54-43(55-42,56-44)23-29-11-7-6-8-12-29)18-31(22-41(50)36(44)17-27(3)38(41)48)25-52-37(47)20-30-14-15-34(35(19-30)51-5)53-40(49)46-16-10-9-13-32(46)24-45/h6-8,11-12,14-15,17-19,28,32-33,36,39,50H,1,9-10,13,16,20-25,45H2,2-5H3/t28-,32?,33+,36-,39-,41-,42-,43-,44-/m1/s1. The lowest BCUT2D eigenvalue weighted by Crippen LogP contribution is -2.70. The van der Waals surface area contributed by atoms with Gasteiger partial charge in [0.2, 0.25) is 0 Å². The summed E-state index contributed by atoms with van der Waals surface area (Å²) in [5, 5.41) is 12.5. The van der Waals surface area contributed by atoms with Crippen molar-refractivity contribution in [3.8, 4) is 11.5 Å². The van der Waals surface area contributed by atoms with Gasteiger partial charge < -0.3 is 44.2 Å². The van der Waals surface area contributed by atoms with E-state index in [2.05, 4.69) is 13.5 Å². The van der Waals surface area contributed by atoms with Crippen molar-refractivity contribution >= 4 is 17.8 Å². The number of piperidine rings is 1. The number of hydrogen-bond acceptors (Lipinski definition) is 11. The molecule has 6 aliphatic rings. The highest BCUT2D eigenvalue weighted by Gasteiger charge is 2.79. The third kappa shape index (κ3) is 6.12. The van der Waals surface area contributed by atoms with Crippen LogP contribution in [0, 0.1) is 17.8 Å². The molecular weight excluding hydrogens is 716 g/mol. The number of ketones is 1. The van der Waals surface area contributed by atoms with E-state index in [0.717, 1.165) is 30.4 Å². The number of esters is 1. The van der Waals surface area contributed by atoms with Gasteiger partial charge in [0, 0.05) is 37.4 Å². The van der Waals surface area contributed by atoms with Gasteiger partial charge in [0.05, 0.1) is 25.6 Å². The SMILES string of the molecule is C=C(C)[C@]12C[C@@H](C)[C@@]34O[C@](Cc5ccccc5)(O[C@@H]1[C@@H]3C=C(COC(=O)Cc1ccc(OC(=O)N3CCCCC3CN)c(OC)c1)C[C@]1(O)C(=O)C(C)=C[C@@H]41)O2. The quantitative estimate of drug-likeness (QED) is 0.237. The van der Waals surface area contributed by atoms with Crippen molar-refractivity contribution < 1.29 is 47.9 Å². The molecule has 9 atom stereocenters. The maximum absolute atomic E-state index is 14.0. The number of nitrogens with zero attached hydrogens (tertiary/aromatic N) is 1. The van der Waals surface area contributed by atoms with Crippen LogP contribution >= 0.6 is 0 Å². The minimum Gasteiger partial charge on any atom is -0.493 e. The highest BCUT2D eigenvalue weighted by Crippen LogP contribution is 2.68. The van der Waals surface area contributed by atoms with Crippen molar-refractivity contribution in [2.24, 2.45) is 23.5 Å². The van der Waals surface area contributed by atoms with Crippen LogP contribution in [0.25, 0.3) is 0 Å². The highest BCUT2D eigenvalue weighted by molar-refractivity contribution is 6.05. The summed E-state index contributed by atoms with van der Waals surface area (Å²) in [7, 11) is 1.47. The van der Waals surface area contributed by atoms with Crippen LogP contribution in [-0.4, -0.2) is 89.6 Å². The van der Waals surface area contributed by atoms with Crippen LogP contribution in [0.15, 0.2) is 84.0 Å². The Morgan fingerprint density at radius 1 is 1.07 bits per heavy atom. The Morgan fingerprint density at radius 2 is 1.86 bits per heavy atom. The number of benzene rings is 2. The summed E-state index contributed by atoms with van der Waals surface area (Å²) in [6.45, 7) is 10.9. The first-order valence-electron chi connectivity index (χ1n) is 19.7. The van der Waals surface area contributed by atoms with Gasteiger partial charge in [-0.2, -0.15) is 0 Å². The Kier molecular flexibility index (Phi) is 9.81. The molecule has 4 fully saturated rings. The highest BCUT2D eigenvalue weighted by atomic mass is 16.9. The van der Waals surface area contributed by atoms with Crippen LogP contribution in [0.4, 0.5) is 4.79 Å². The molecule has 0 radical (unpaired) electrons. The number of likely N-dealkylation sites (tertiary alicyclic amines) is 1. The van der Waals surface area contributed by atoms with Gasteiger partial charge in [-0.1, -0.05) is 62.1 Å². The van der Waals surface area contributed by atoms with Gasteiger partial charge in [-0.15, -0.1) is 0 Å². The minimum absolute atomic E-state index is 0.0405. The first kappa shape index (κ1) is 38.5. The lowest BCUT2D eigenvalue weighted by molar-refractivity contribution is -0.421. The van der Waals surface area contributed by atoms with Crippen LogP contribution in [0.2, 0.25) is 0 Å². The van der Waals surface area contributed by atoms with Crippen molar-refractivity contribution in [3.63, 3.8) is 0 Å². The van der Waals surface area contributed by atoms with E-state index < -0.39 is 52.8 Å². The van der Waals surface area contributed by atoms with Crippen LogP contribution in [0.5, 0.6) is 11.5 Å². The molecule has 2 aromatic rings. The molecular formula is C44H52N2O10. The normalized spacial score (nSPS) is 35.5. The van der Waals surface area contributed by atoms with Gasteiger partial charge in [0.25, 0.3) is 5.97 Å². The van der Waals surface area contributed by atoms with E-state index in [1.807, 2.05) is 49.4 Å². The maximum Gasteiger partial charge on any atom is 0.415 e. The fourth-order valence-electron chi connectivity index (χ4n) is 10.4. The summed E-state index contributed by atoms with van der Waals surface area (Å²) >= 11 is 0. The van der Waals surface area contributed by atoms with Gasteiger partial charge in [-0.25, -0.2) is 4.79 Å². The molecule has 0 spiro atoms. The largest absolute Gasteiger partial charge is 0.493 e. The van der Waals surface area contributed by atoms with E-state index in [-0.39, 0.29) is 42.9 Å². The summed E-state index contributed by atoms with van der Waals surface area (Å²) in [6.07, 6.45) is 6.24. The zero-order valence-electron chi connectivity index (χ0n) is 32.6. The predicted octanol–water partition coefficient (Wildman–Crippen LogP) is 5.35. The molecule has 12 nitrogen and oxygen atoms in total. The van der Waals surface area contributed by atoms with Crippen molar-refractivity contribution in [1.29, 1.82) is 0 Å². The number of rotatable bonds is 10. The molecule has 56 heavy (non-hydrogen) atoms. The first-order valence-corrected chi connectivity index (χ1v) is 19.7. The number of Topliss-reactive ketones (excluding diaryl/α,β-unsaturated/α-hetero) is 1. The van der Waals surface area contributed by atoms with E-state index in [1.54, 1.807) is 30.0 Å². The van der Waals surface area contributed by atoms with E-state index in [4.69, 9.17) is 34.2 Å². The molecule has 1 saturated carbocycles. The average Bonchev–Trinajstić information content (AvgIpc) is 3.49. The van der Waals surface area contributed by atoms with Crippen LogP contribution < -0.4 is 15.2 Å². The van der Waals surface area contributed by atoms with Crippen molar-refractivity contribution in [1.82, 2.24) is 4.90 Å². The lowest BCUT2D eigenvalue weighted by atomic mass is 9.55. The van der Waals surface area contributed by atoms with E-state index in [9.17, 15) is 19.5 Å². The van der Waals surface area contributed by atoms with Crippen LogP contribution in [0.3, 0.4) is 0 Å². The molecule has 2 aromatic carbocycles. The minimum atomic E-state index is -1.84. The summed E-state index contributed by atoms with van der Waals surface area (Å²) < 4.78 is 38.1. The summed E-state index contributed by atoms with van der Waals surface area (Å²) in [5.41, 5.74) is 5.50. The number of amides is 1. The number of hydrogen-bond donors (Lipinski definition) is 2. The molecule has 3 aliphatic carbocycles. The zero-order chi connectivity index (χ0) is 39.6. The number of nitrogens with two attached hydrogens (primary N) is 1. The second-order valence-corrected chi connectivity index (χ2v) is 16.6. The molecule has 298 valence electrons. The summed E-state index contributed by atoms with van der Waals surface area (Å²) in [6, 6.07) is 14.7. The second-order valence-electron chi connectivity index (χ2n) is 16.6. The number of aliphatic hydroxyl groups is 1. The molecule has 1 unspecified atom stereocenters. The second kappa shape index (κ2) is 14.2. The van der Waals surface area contributed by atoms with Crippen LogP contribution in [0.1, 0.15) is 64.0 Å². The number of carbonyl (C=O) groups excluding carboxylic acids is 3. The smallest absolute Gasteiger partial charge is 0.415 e. The number of ether oxygens (including phenoxy) is 6. The lowest BCUT2D eigenvalue weighted by Gasteiger charge is -2.59. The summed E-state index contributed by atoms with van der Waals surface area (Å²) in [5.74, 6) is -3.21. The number of methoxy groups -OCH3 is 1. The number of carbonyl (C=O) groups is 3. The molecule has 3 N–H and O–H groups in total. The van der Waals surface area contributed by atoms with Crippen LogP contribution in [-0.2, 0) is 41.4 Å². The van der Waals surface area contributed by atoms with Crippen molar-refractivity contribution in [2.45, 2.75) is 101 Å². The van der Waals surface area contributed by atoms with Gasteiger partial charge in [-0.05, 0) is 85.4 Å². The fourth-order valence-corrected chi connectivity index (χ4v) is 10.4. The molecule has 1 amide bonds. The summed E-state index contributed by atoms with van der Waals surface area (Å²) in [4.78, 5) is 42.1. The maximum atomic E-state index is 14.0. The Labute approximate surface area is 327 Å². The third-order valence-electron chi connectivity index (χ3n) is 13.1. The van der Waals surface area contributed by atoms with Crippen molar-refractivity contribution in [2.75, 3.05) is 26.8 Å². The Hall–Kier alpha value is -4.33. The van der Waals surface area contributed by atoms with Gasteiger partial charge >= 0.3 is 12.1 Å².